The topological polar surface area (TPSA) is 128 Å². The molecular weight excluding hydrogens is 980 g/mol. The number of esters is 2. The Bertz CT molecular complexity index is 2420. The summed E-state index contributed by atoms with van der Waals surface area (Å²) in [6, 6.07) is 24.3. The minimum atomic E-state index is -7.43. The number of alkyl halides is 9. The van der Waals surface area contributed by atoms with E-state index in [0.29, 0.717) is 11.8 Å². The molecule has 70 heavy (non-hydrogen) atoms. The van der Waals surface area contributed by atoms with Crippen molar-refractivity contribution in [2.75, 3.05) is 13.6 Å². The molecule has 8 fully saturated rings. The summed E-state index contributed by atoms with van der Waals surface area (Å²) in [6.07, 6.45) is 5.64. The van der Waals surface area contributed by atoms with Crippen molar-refractivity contribution in [2.45, 2.75) is 141 Å². The van der Waals surface area contributed by atoms with Crippen molar-refractivity contribution in [1.29, 1.82) is 0 Å². The van der Waals surface area contributed by atoms with E-state index < -0.39 is 44.3 Å². The summed E-state index contributed by atoms with van der Waals surface area (Å²) in [7, 11) is -8.08. The maximum absolute atomic E-state index is 12.2. The molecule has 0 aliphatic heterocycles. The lowest BCUT2D eigenvalue weighted by molar-refractivity contribution is -0.382. The van der Waals surface area contributed by atoms with Crippen LogP contribution in [0.2, 0.25) is 0 Å². The number of ether oxygens (including phenoxy) is 4. The van der Waals surface area contributed by atoms with Gasteiger partial charge in [-0.15, -0.1) is 0 Å². The molecule has 3 aromatic rings. The van der Waals surface area contributed by atoms with Crippen LogP contribution in [0.5, 0.6) is 11.5 Å². The number of hydrogen-bond donors (Lipinski definition) is 0. The molecule has 0 amide bonds. The van der Waals surface area contributed by atoms with Crippen LogP contribution in [-0.2, 0) is 50.9 Å². The van der Waals surface area contributed by atoms with Crippen LogP contribution in [0.3, 0.4) is 0 Å². The van der Waals surface area contributed by atoms with Gasteiger partial charge >= 0.3 is 35.2 Å². The van der Waals surface area contributed by atoms with Gasteiger partial charge < -0.3 is 23.5 Å². The molecule has 8 bridgehead atoms. The average molecular weight is 1040 g/mol. The first kappa shape index (κ1) is 52.2. The van der Waals surface area contributed by atoms with Crippen LogP contribution in [-0.4, -0.2) is 61.8 Å². The minimum Gasteiger partial charge on any atom is -0.743 e. The fourth-order valence-corrected chi connectivity index (χ4v) is 16.5. The Hall–Kier alpha value is -4.17. The van der Waals surface area contributed by atoms with E-state index in [0.717, 1.165) is 61.7 Å². The number of carbonyl (C=O) groups is 2. The lowest BCUT2D eigenvalue weighted by Gasteiger charge is -2.61. The molecule has 0 N–H and O–H groups in total. The fraction of sp³-hybridized carbons (Fsp3) is 0.600. The summed E-state index contributed by atoms with van der Waals surface area (Å²) >= 11 is 0. The molecule has 0 aromatic heterocycles. The van der Waals surface area contributed by atoms with Gasteiger partial charge in [0.2, 0.25) is 23.4 Å². The van der Waals surface area contributed by atoms with Gasteiger partial charge in [-0.3, -0.25) is 9.59 Å². The number of para-hydroxylation sites is 2. The van der Waals surface area contributed by atoms with Crippen LogP contribution in [0.4, 0.5) is 39.5 Å². The molecule has 0 saturated heterocycles. The fourth-order valence-electron chi connectivity index (χ4n) is 13.7. The molecule has 8 saturated carbocycles. The first-order chi connectivity index (χ1) is 32.6. The second-order valence-corrected chi connectivity index (χ2v) is 23.8. The van der Waals surface area contributed by atoms with Gasteiger partial charge in [-0.05, 0) is 136 Å². The molecular formula is C50H55F9O9S2. The second kappa shape index (κ2) is 18.7. The Labute approximate surface area is 403 Å². The van der Waals surface area contributed by atoms with Crippen molar-refractivity contribution < 1.29 is 81.0 Å². The Morgan fingerprint density at radius 1 is 0.600 bits per heavy atom. The number of hydrogen-bond acceptors (Lipinski definition) is 9. The van der Waals surface area contributed by atoms with E-state index in [-0.39, 0.29) is 36.4 Å². The van der Waals surface area contributed by atoms with Crippen LogP contribution < -0.4 is 9.47 Å². The predicted molar refractivity (Wildman–Crippen MR) is 235 cm³/mol. The molecule has 0 radical (unpaired) electrons. The Kier molecular flexibility index (Phi) is 13.9. The highest BCUT2D eigenvalue weighted by molar-refractivity contribution is 7.97. The monoisotopic (exact) mass is 1030 g/mol. The summed E-state index contributed by atoms with van der Waals surface area (Å²) in [5.74, 6) is -8.25. The number of carbonyl (C=O) groups excluding carboxylic acids is 2. The van der Waals surface area contributed by atoms with E-state index in [1.165, 1.54) is 89.2 Å². The maximum Gasteiger partial charge on any atom is 0.460 e. The quantitative estimate of drug-likeness (QED) is 0.0509. The first-order valence-electron chi connectivity index (χ1n) is 23.4. The number of rotatable bonds is 14. The van der Waals surface area contributed by atoms with Crippen LogP contribution in [0.1, 0.15) is 103 Å². The van der Waals surface area contributed by atoms with E-state index in [1.807, 2.05) is 0 Å². The maximum atomic E-state index is 12.2. The molecule has 6 atom stereocenters. The molecule has 6 unspecified atom stereocenters. The standard InChI is InChI=1S/C46H55O6S.C4HF9O3S/c1-28-36-18-32-16-33(19-36)23-45(28,22-32)39-12-8-14-41(43(39)51-26-49-30(3)47)53(38-10-6-5-7-11-38)42-15-9-13-40(44(42)52-27-50-31(4)48)46-24-34-17-35(25-46)21-37(20-34)29(46)2;5-1(6,3(9,10)11)2(7,8)4(12,13)17(14,15)16/h5-15,28-29,32-37H,16-27H2,1-4H3;(H,14,15,16)/q+1;/p-1. The van der Waals surface area contributed by atoms with Crippen LogP contribution in [0.15, 0.2) is 81.4 Å². The largest absolute Gasteiger partial charge is 0.743 e. The van der Waals surface area contributed by atoms with Gasteiger partial charge in [-0.2, -0.15) is 39.5 Å². The van der Waals surface area contributed by atoms with E-state index >= 15 is 0 Å². The van der Waals surface area contributed by atoms with Crippen molar-refractivity contribution in [3.8, 4) is 11.5 Å². The molecule has 8 aliphatic rings. The normalized spacial score (nSPS) is 30.5. The zero-order chi connectivity index (χ0) is 51.0. The van der Waals surface area contributed by atoms with Crippen LogP contribution in [0, 0.1) is 47.3 Å². The van der Waals surface area contributed by atoms with Crippen molar-refractivity contribution in [3.05, 3.63) is 77.9 Å². The zero-order valence-electron chi connectivity index (χ0n) is 38.8. The van der Waals surface area contributed by atoms with Gasteiger partial charge in [0.1, 0.15) is 10.9 Å². The van der Waals surface area contributed by atoms with E-state index in [1.54, 1.807) is 0 Å². The Morgan fingerprint density at radius 2 is 0.986 bits per heavy atom. The van der Waals surface area contributed by atoms with Crippen LogP contribution in [0.25, 0.3) is 0 Å². The molecule has 20 heteroatoms. The zero-order valence-corrected chi connectivity index (χ0v) is 40.5. The third kappa shape index (κ3) is 8.95. The summed E-state index contributed by atoms with van der Waals surface area (Å²) in [5.41, 5.74) is 2.59. The highest BCUT2D eigenvalue weighted by atomic mass is 32.2. The summed E-state index contributed by atoms with van der Waals surface area (Å²) in [5, 5.41) is -7.11. The first-order valence-corrected chi connectivity index (χ1v) is 26.0. The highest BCUT2D eigenvalue weighted by Crippen LogP contribution is 2.67. The number of benzene rings is 3. The molecule has 384 valence electrons. The van der Waals surface area contributed by atoms with Gasteiger partial charge in [-0.1, -0.05) is 56.3 Å². The number of halogens is 9. The Balaban J connectivity index is 0.000000333. The molecule has 11 rings (SSSR count). The molecule has 3 aromatic carbocycles. The van der Waals surface area contributed by atoms with E-state index in [4.69, 9.17) is 18.9 Å². The molecule has 9 nitrogen and oxygen atoms in total. The summed E-state index contributed by atoms with van der Waals surface area (Å²) < 4.78 is 160. The molecule has 0 spiro atoms. The van der Waals surface area contributed by atoms with Gasteiger partial charge in [0.05, 0.1) is 0 Å². The summed E-state index contributed by atoms with van der Waals surface area (Å²) in [4.78, 5) is 27.6. The predicted octanol–water partition coefficient (Wildman–Crippen LogP) is 12.0. The van der Waals surface area contributed by atoms with Crippen molar-refractivity contribution in [1.82, 2.24) is 0 Å². The highest BCUT2D eigenvalue weighted by Gasteiger charge is 2.84. The Morgan fingerprint density at radius 3 is 1.33 bits per heavy atom. The van der Waals surface area contributed by atoms with E-state index in [9.17, 15) is 62.1 Å². The third-order valence-corrected chi connectivity index (χ3v) is 19.6. The molecule has 0 heterocycles. The van der Waals surface area contributed by atoms with Crippen molar-refractivity contribution in [3.63, 3.8) is 0 Å². The van der Waals surface area contributed by atoms with Crippen molar-refractivity contribution >= 4 is 33.0 Å². The van der Waals surface area contributed by atoms with Gasteiger partial charge in [0.25, 0.3) is 0 Å². The summed E-state index contributed by atoms with van der Waals surface area (Å²) in [6.45, 7) is 7.59. The van der Waals surface area contributed by atoms with Crippen molar-refractivity contribution in [2.24, 2.45) is 47.3 Å². The smallest absolute Gasteiger partial charge is 0.460 e. The average Bonchev–Trinajstić information content (AvgIpc) is 3.27. The van der Waals surface area contributed by atoms with Gasteiger partial charge in [-0.25, -0.2) is 8.42 Å². The lowest BCUT2D eigenvalue weighted by atomic mass is 9.44. The van der Waals surface area contributed by atoms with Crippen LogP contribution >= 0.6 is 0 Å². The van der Waals surface area contributed by atoms with E-state index in [2.05, 4.69) is 80.6 Å². The molecule has 8 aliphatic carbocycles. The lowest BCUT2D eigenvalue weighted by Crippen LogP contribution is -2.63. The van der Waals surface area contributed by atoms with Gasteiger partial charge in [0, 0.05) is 35.8 Å². The SMILES string of the molecule is CC(=O)OCOc1c([S+](c2ccccc2)c2cccc(C34CC5CC(CC(C5)C3C)C4)c2OCOC(C)=O)cccc1C12CC3CC(CC(C3)C1C)C2.O=S(=O)([O-])C(F)(F)C(F)(F)C(F)(F)C(F)(F)F. The van der Waals surface area contributed by atoms with Gasteiger partial charge in [0.15, 0.2) is 26.5 Å². The minimum absolute atomic E-state index is 0.0210. The third-order valence-electron chi connectivity index (χ3n) is 16.5. The second-order valence-electron chi connectivity index (χ2n) is 20.4.